The lowest BCUT2D eigenvalue weighted by molar-refractivity contribution is -0.147. The second kappa shape index (κ2) is 2.96. The van der Waals surface area contributed by atoms with Crippen molar-refractivity contribution in [1.82, 2.24) is 0 Å². The molecule has 2 atom stereocenters. The Hall–Kier alpha value is -0.600. The topological polar surface area (TPSA) is 37.3 Å². The average Bonchev–Trinajstić information content (AvgIpc) is 2.08. The number of rotatable bonds is 2. The van der Waals surface area contributed by atoms with E-state index in [1.807, 2.05) is 0 Å². The van der Waals surface area contributed by atoms with Crippen LogP contribution in [0.1, 0.15) is 38.5 Å². The summed E-state index contributed by atoms with van der Waals surface area (Å²) in [5, 5.41) is 8.87. The third-order valence-corrected chi connectivity index (χ3v) is 4.80. The van der Waals surface area contributed by atoms with Crippen molar-refractivity contribution in [2.24, 2.45) is 23.7 Å². The molecule has 84 valence electrons. The minimum Gasteiger partial charge on any atom is -0.481 e. The van der Waals surface area contributed by atoms with E-state index < -0.39 is 11.6 Å². The van der Waals surface area contributed by atoms with Crippen LogP contribution in [0.2, 0.25) is 0 Å². The number of halogens is 1. The fraction of sp³-hybridized carbons (Fsp3) is 0.917. The predicted molar refractivity (Wildman–Crippen MR) is 53.1 cm³/mol. The van der Waals surface area contributed by atoms with Crippen LogP contribution in [0.4, 0.5) is 4.39 Å². The van der Waals surface area contributed by atoms with Crippen LogP contribution in [0, 0.1) is 23.7 Å². The lowest BCUT2D eigenvalue weighted by atomic mass is 9.50. The predicted octanol–water partition coefficient (Wildman–Crippen LogP) is 2.63. The number of hydrogen-bond donors (Lipinski definition) is 1. The van der Waals surface area contributed by atoms with Crippen molar-refractivity contribution in [3.8, 4) is 0 Å². The third kappa shape index (κ3) is 1.47. The zero-order chi connectivity index (χ0) is 10.6. The molecule has 4 aliphatic rings. The molecule has 15 heavy (non-hydrogen) atoms. The van der Waals surface area contributed by atoms with Gasteiger partial charge in [-0.1, -0.05) is 0 Å². The Morgan fingerprint density at radius 1 is 1.27 bits per heavy atom. The molecule has 0 saturated heterocycles. The van der Waals surface area contributed by atoms with E-state index in [1.165, 1.54) is 0 Å². The van der Waals surface area contributed by atoms with Gasteiger partial charge < -0.3 is 5.11 Å². The Labute approximate surface area is 88.9 Å². The molecule has 0 amide bonds. The number of carboxylic acids is 1. The molecule has 0 radical (unpaired) electrons. The number of hydrogen-bond acceptors (Lipinski definition) is 1. The van der Waals surface area contributed by atoms with Gasteiger partial charge in [0.15, 0.2) is 0 Å². The normalized spacial score (nSPS) is 52.1. The molecule has 4 aliphatic carbocycles. The minimum absolute atomic E-state index is 0.262. The van der Waals surface area contributed by atoms with E-state index in [2.05, 4.69) is 0 Å². The summed E-state index contributed by atoms with van der Waals surface area (Å²) in [6.07, 6.45) is 4.45. The van der Waals surface area contributed by atoms with Crippen molar-refractivity contribution in [3.63, 3.8) is 0 Å². The number of alkyl halides is 1. The summed E-state index contributed by atoms with van der Waals surface area (Å²) in [7, 11) is 0. The smallest absolute Gasteiger partial charge is 0.303 e. The van der Waals surface area contributed by atoms with E-state index in [9.17, 15) is 9.18 Å². The van der Waals surface area contributed by atoms with Gasteiger partial charge in [-0.2, -0.15) is 0 Å². The van der Waals surface area contributed by atoms with Crippen LogP contribution in [0.15, 0.2) is 0 Å². The summed E-state index contributed by atoms with van der Waals surface area (Å²) in [5.74, 6) is 0.829. The summed E-state index contributed by atoms with van der Waals surface area (Å²) in [4.78, 5) is 10.8. The van der Waals surface area contributed by atoms with Crippen LogP contribution in [-0.2, 0) is 4.79 Å². The molecular weight excluding hydrogens is 195 g/mol. The monoisotopic (exact) mass is 212 g/mol. The molecule has 2 nitrogen and oxygen atoms in total. The van der Waals surface area contributed by atoms with E-state index in [0.717, 1.165) is 19.3 Å². The molecule has 0 heterocycles. The van der Waals surface area contributed by atoms with Gasteiger partial charge in [0, 0.05) is 6.42 Å². The molecule has 4 bridgehead atoms. The lowest BCUT2D eigenvalue weighted by Crippen LogP contribution is -2.52. The molecule has 0 aromatic carbocycles. The maximum absolute atomic E-state index is 14.2. The van der Waals surface area contributed by atoms with Crippen molar-refractivity contribution >= 4 is 5.97 Å². The molecule has 0 aromatic heterocycles. The molecule has 4 rings (SSSR count). The largest absolute Gasteiger partial charge is 0.481 e. The minimum atomic E-state index is -0.925. The molecule has 4 saturated carbocycles. The van der Waals surface area contributed by atoms with Gasteiger partial charge in [-0.3, -0.25) is 4.79 Å². The number of carbonyl (C=O) groups is 1. The fourth-order valence-corrected chi connectivity index (χ4v) is 4.57. The van der Waals surface area contributed by atoms with Gasteiger partial charge in [0.05, 0.1) is 0 Å². The maximum atomic E-state index is 14.2. The van der Waals surface area contributed by atoms with Gasteiger partial charge >= 0.3 is 5.97 Å². The Balaban J connectivity index is 1.82. The summed E-state index contributed by atoms with van der Waals surface area (Å²) >= 11 is 0. The van der Waals surface area contributed by atoms with E-state index in [0.29, 0.717) is 30.6 Å². The molecule has 1 N–H and O–H groups in total. The highest BCUT2D eigenvalue weighted by Crippen LogP contribution is 2.60. The van der Waals surface area contributed by atoms with Crippen molar-refractivity contribution in [2.45, 2.75) is 44.2 Å². The van der Waals surface area contributed by atoms with Gasteiger partial charge in [0.25, 0.3) is 0 Å². The quantitative estimate of drug-likeness (QED) is 0.764. The highest BCUT2D eigenvalue weighted by molar-refractivity contribution is 5.67. The summed E-state index contributed by atoms with van der Waals surface area (Å²) < 4.78 is 14.2. The van der Waals surface area contributed by atoms with E-state index in [-0.39, 0.29) is 12.3 Å². The lowest BCUT2D eigenvalue weighted by Gasteiger charge is -2.56. The van der Waals surface area contributed by atoms with Gasteiger partial charge in [-0.05, 0) is 55.8 Å². The first kappa shape index (κ1) is 9.61. The maximum Gasteiger partial charge on any atom is 0.303 e. The summed E-state index contributed by atoms with van der Waals surface area (Å²) in [6.45, 7) is 0. The van der Waals surface area contributed by atoms with E-state index in [4.69, 9.17) is 5.11 Å². The summed E-state index contributed by atoms with van der Waals surface area (Å²) in [6, 6.07) is 0. The SMILES string of the molecule is O=C(O)CC1C2CC3CC1CC(F)(C3)C2. The van der Waals surface area contributed by atoms with Crippen molar-refractivity contribution in [2.75, 3.05) is 0 Å². The summed E-state index contributed by atoms with van der Waals surface area (Å²) in [5.41, 5.74) is -0.925. The molecule has 2 unspecified atom stereocenters. The second-order valence-electron chi connectivity index (χ2n) is 5.88. The van der Waals surface area contributed by atoms with Gasteiger partial charge in [0.1, 0.15) is 5.67 Å². The van der Waals surface area contributed by atoms with Crippen LogP contribution in [0.25, 0.3) is 0 Å². The van der Waals surface area contributed by atoms with E-state index >= 15 is 0 Å². The van der Waals surface area contributed by atoms with Crippen LogP contribution in [-0.4, -0.2) is 16.7 Å². The molecule has 0 aromatic rings. The Bertz CT molecular complexity index is 286. The van der Waals surface area contributed by atoms with E-state index in [1.54, 1.807) is 0 Å². The Morgan fingerprint density at radius 3 is 2.33 bits per heavy atom. The number of aliphatic carboxylic acids is 1. The van der Waals surface area contributed by atoms with Crippen molar-refractivity contribution in [3.05, 3.63) is 0 Å². The highest BCUT2D eigenvalue weighted by atomic mass is 19.1. The zero-order valence-corrected chi connectivity index (χ0v) is 8.79. The van der Waals surface area contributed by atoms with Gasteiger partial charge in [-0.15, -0.1) is 0 Å². The second-order valence-corrected chi connectivity index (χ2v) is 5.88. The molecule has 3 heteroatoms. The van der Waals surface area contributed by atoms with Crippen molar-refractivity contribution in [1.29, 1.82) is 0 Å². The Morgan fingerprint density at radius 2 is 1.87 bits per heavy atom. The Kier molecular flexibility index (Phi) is 1.89. The first-order chi connectivity index (χ1) is 7.06. The van der Waals surface area contributed by atoms with Gasteiger partial charge in [-0.25, -0.2) is 4.39 Å². The average molecular weight is 212 g/mol. The highest BCUT2D eigenvalue weighted by Gasteiger charge is 2.55. The van der Waals surface area contributed by atoms with Crippen molar-refractivity contribution < 1.29 is 14.3 Å². The standard InChI is InChI=1S/C12H17FO2/c13-12-4-7-1-8(5-12)10(3-11(14)15)9(2-7)6-12/h7-10H,1-6H2,(H,14,15). The number of carboxylic acid groups (broad SMARTS) is 1. The third-order valence-electron chi connectivity index (χ3n) is 4.80. The first-order valence-corrected chi connectivity index (χ1v) is 5.96. The molecule has 4 fully saturated rings. The van der Waals surface area contributed by atoms with Crippen LogP contribution >= 0.6 is 0 Å². The van der Waals surface area contributed by atoms with Crippen LogP contribution in [0.3, 0.4) is 0 Å². The fourth-order valence-electron chi connectivity index (χ4n) is 4.57. The molecule has 0 spiro atoms. The van der Waals surface area contributed by atoms with Crippen LogP contribution in [0.5, 0.6) is 0 Å². The van der Waals surface area contributed by atoms with Crippen LogP contribution < -0.4 is 0 Å². The molecular formula is C12H17FO2. The van der Waals surface area contributed by atoms with Gasteiger partial charge in [0.2, 0.25) is 0 Å². The first-order valence-electron chi connectivity index (χ1n) is 5.96. The molecule has 0 aliphatic heterocycles. The zero-order valence-electron chi connectivity index (χ0n) is 8.79.